The zero-order valence-corrected chi connectivity index (χ0v) is 38.2. The minimum atomic E-state index is 0.822. The highest BCUT2D eigenvalue weighted by Gasteiger charge is 2.24. The van der Waals surface area contributed by atoms with Crippen LogP contribution in [0.1, 0.15) is 11.1 Å². The Morgan fingerprint density at radius 3 is 1.16 bits per heavy atom. The van der Waals surface area contributed by atoms with Crippen LogP contribution in [0.25, 0.3) is 109 Å². The summed E-state index contributed by atoms with van der Waals surface area (Å²) in [5, 5.41) is 13.0. The maximum absolute atomic E-state index is 6.76. The van der Waals surface area contributed by atoms with Crippen LogP contribution in [-0.4, -0.2) is 0 Å². The van der Waals surface area contributed by atoms with Crippen LogP contribution in [0.3, 0.4) is 0 Å². The first-order valence-electron chi connectivity index (χ1n) is 23.7. The molecule has 0 amide bonds. The second-order valence-corrected chi connectivity index (χ2v) is 18.5. The molecular formula is C64H40N2O4. The van der Waals surface area contributed by atoms with Crippen LogP contribution in [0.2, 0.25) is 0 Å². The van der Waals surface area contributed by atoms with Gasteiger partial charge in [-0.1, -0.05) is 109 Å². The Bertz CT molecular complexity index is 4370. The van der Waals surface area contributed by atoms with Crippen LogP contribution in [0.5, 0.6) is 0 Å². The van der Waals surface area contributed by atoms with Crippen molar-refractivity contribution < 1.29 is 17.7 Å². The number of nitrogens with zero attached hydrogens (tertiary/aromatic N) is 2. The molecule has 6 heteroatoms. The van der Waals surface area contributed by atoms with Crippen molar-refractivity contribution in [3.63, 3.8) is 0 Å². The van der Waals surface area contributed by atoms with Crippen molar-refractivity contribution in [2.24, 2.45) is 0 Å². The average Bonchev–Trinajstić information content (AvgIpc) is 4.16. The summed E-state index contributed by atoms with van der Waals surface area (Å²) in [6.45, 7) is 4.32. The molecule has 15 aromatic rings. The second-order valence-electron chi connectivity index (χ2n) is 18.5. The van der Waals surface area contributed by atoms with Gasteiger partial charge in [0.2, 0.25) is 0 Å². The van der Waals surface area contributed by atoms with Crippen molar-refractivity contribution in [3.05, 3.63) is 217 Å². The van der Waals surface area contributed by atoms with E-state index in [1.54, 1.807) is 0 Å². The zero-order chi connectivity index (χ0) is 46.2. The molecule has 4 heterocycles. The molecule has 0 radical (unpaired) electrons. The largest absolute Gasteiger partial charge is 0.456 e. The van der Waals surface area contributed by atoms with E-state index < -0.39 is 0 Å². The summed E-state index contributed by atoms with van der Waals surface area (Å²) in [6.07, 6.45) is 0. The standard InChI is InChI=1S/C64H40N2O4/c1-37-13-3-7-19-51(37)65(53-21-11-17-47-45-15-5-9-23-55(45)69-63(47)53)43-27-25-39-33-49-59(35-41(39)31-43)67-57-29-30-58-62(61(49)57)50-34-40-26-28-44(32-42(40)36-60(50)68-58)66(52-20-8-4-14-38(52)2)54-22-12-18-48-46-16-6-10-24-56(46)70-64(48)54/h3-36H,1-2H3. The SMILES string of the molecule is Cc1ccccc1N(c1ccc2cc3c(cc2c1)oc1ccc2oc4cc5cc(N(c6ccccc6C)c6cccc7c6oc6ccccc67)ccc5cc4c2c13)c1cccc2c1oc1ccccc12. The van der Waals surface area contributed by atoms with Gasteiger partial charge in [0.25, 0.3) is 0 Å². The highest BCUT2D eigenvalue weighted by molar-refractivity contribution is 6.28. The molecule has 4 aromatic heterocycles. The number of anilines is 6. The van der Waals surface area contributed by atoms with Crippen LogP contribution in [0, 0.1) is 13.8 Å². The van der Waals surface area contributed by atoms with Gasteiger partial charge in [0, 0.05) is 65.8 Å². The molecule has 0 saturated heterocycles. The van der Waals surface area contributed by atoms with E-state index >= 15 is 0 Å². The molecule has 0 bridgehead atoms. The summed E-state index contributed by atoms with van der Waals surface area (Å²) < 4.78 is 26.7. The van der Waals surface area contributed by atoms with Gasteiger partial charge in [-0.3, -0.25) is 0 Å². The maximum atomic E-state index is 6.76. The smallest absolute Gasteiger partial charge is 0.159 e. The van der Waals surface area contributed by atoms with Crippen LogP contribution in [-0.2, 0) is 0 Å². The van der Waals surface area contributed by atoms with E-state index in [1.807, 2.05) is 36.4 Å². The first kappa shape index (κ1) is 38.8. The van der Waals surface area contributed by atoms with Crippen molar-refractivity contribution in [2.45, 2.75) is 13.8 Å². The monoisotopic (exact) mass is 900 g/mol. The molecule has 0 aliphatic rings. The summed E-state index contributed by atoms with van der Waals surface area (Å²) in [4.78, 5) is 4.64. The highest BCUT2D eigenvalue weighted by Crippen LogP contribution is 2.48. The van der Waals surface area contributed by atoms with Crippen molar-refractivity contribution in [1.29, 1.82) is 0 Å². The first-order chi connectivity index (χ1) is 34.5. The van der Waals surface area contributed by atoms with Crippen molar-refractivity contribution in [1.82, 2.24) is 0 Å². The molecule has 0 aliphatic heterocycles. The van der Waals surface area contributed by atoms with Crippen LogP contribution >= 0.6 is 0 Å². The predicted molar refractivity (Wildman–Crippen MR) is 289 cm³/mol. The molecule has 0 fully saturated rings. The number of para-hydroxylation sites is 6. The normalized spacial score (nSPS) is 12.1. The number of fused-ring (bicyclic) bond motifs is 15. The number of hydrogen-bond donors (Lipinski definition) is 0. The maximum Gasteiger partial charge on any atom is 0.159 e. The molecule has 0 N–H and O–H groups in total. The van der Waals surface area contributed by atoms with Gasteiger partial charge >= 0.3 is 0 Å². The second kappa shape index (κ2) is 14.6. The minimum absolute atomic E-state index is 0.822. The lowest BCUT2D eigenvalue weighted by molar-refractivity contribution is 0.663. The zero-order valence-electron chi connectivity index (χ0n) is 38.2. The van der Waals surface area contributed by atoms with Crippen LogP contribution < -0.4 is 9.80 Å². The third kappa shape index (κ3) is 5.68. The number of rotatable bonds is 6. The Balaban J connectivity index is 0.873. The molecule has 15 rings (SSSR count). The topological polar surface area (TPSA) is 59.0 Å². The number of hydrogen-bond acceptors (Lipinski definition) is 6. The van der Waals surface area contributed by atoms with Gasteiger partial charge in [0.05, 0.1) is 11.4 Å². The molecule has 0 aliphatic carbocycles. The quantitative estimate of drug-likeness (QED) is 0.166. The molecule has 330 valence electrons. The summed E-state index contributed by atoms with van der Waals surface area (Å²) >= 11 is 0. The number of furan rings is 4. The molecular weight excluding hydrogens is 861 g/mol. The van der Waals surface area contributed by atoms with E-state index in [-0.39, 0.29) is 0 Å². The van der Waals surface area contributed by atoms with Crippen LogP contribution in [0.4, 0.5) is 34.1 Å². The van der Waals surface area contributed by atoms with E-state index in [0.717, 1.165) is 155 Å². The van der Waals surface area contributed by atoms with Gasteiger partial charge in [0.15, 0.2) is 11.2 Å². The summed E-state index contributed by atoms with van der Waals surface area (Å²) in [6, 6.07) is 72.8. The summed E-state index contributed by atoms with van der Waals surface area (Å²) in [7, 11) is 0. The minimum Gasteiger partial charge on any atom is -0.456 e. The molecule has 70 heavy (non-hydrogen) atoms. The van der Waals surface area contributed by atoms with Crippen LogP contribution in [0.15, 0.2) is 224 Å². The fourth-order valence-electron chi connectivity index (χ4n) is 11.1. The molecule has 0 atom stereocenters. The Labute approximate surface area is 400 Å². The number of benzene rings is 11. The van der Waals surface area contributed by atoms with Gasteiger partial charge in [-0.25, -0.2) is 0 Å². The predicted octanol–water partition coefficient (Wildman–Crippen LogP) is 19.1. The van der Waals surface area contributed by atoms with Crippen molar-refractivity contribution >= 4 is 143 Å². The molecule has 0 spiro atoms. The van der Waals surface area contributed by atoms with E-state index in [0.29, 0.717) is 0 Å². The lowest BCUT2D eigenvalue weighted by Gasteiger charge is -2.27. The average molecular weight is 901 g/mol. The number of aryl methyl sites for hydroxylation is 2. The fraction of sp³-hybridized carbons (Fsp3) is 0.0312. The summed E-state index contributed by atoms with van der Waals surface area (Å²) in [5.74, 6) is 0. The Morgan fingerprint density at radius 2 is 0.686 bits per heavy atom. The fourth-order valence-corrected chi connectivity index (χ4v) is 11.1. The Morgan fingerprint density at radius 1 is 0.271 bits per heavy atom. The van der Waals surface area contributed by atoms with Crippen molar-refractivity contribution in [2.75, 3.05) is 9.80 Å². The van der Waals surface area contributed by atoms with Gasteiger partial charge in [-0.2, -0.15) is 0 Å². The van der Waals surface area contributed by atoms with E-state index in [1.165, 1.54) is 0 Å². The van der Waals surface area contributed by atoms with E-state index in [9.17, 15) is 0 Å². The lowest BCUT2D eigenvalue weighted by atomic mass is 10.00. The molecule has 6 nitrogen and oxygen atoms in total. The molecule has 11 aromatic carbocycles. The molecule has 0 saturated carbocycles. The Hall–Kier alpha value is -9.26. The van der Waals surface area contributed by atoms with Gasteiger partial charge in [0.1, 0.15) is 33.5 Å². The van der Waals surface area contributed by atoms with Gasteiger partial charge in [-0.05, 0) is 144 Å². The van der Waals surface area contributed by atoms with Gasteiger partial charge in [-0.15, -0.1) is 0 Å². The third-order valence-corrected chi connectivity index (χ3v) is 14.4. The third-order valence-electron chi connectivity index (χ3n) is 14.4. The lowest BCUT2D eigenvalue weighted by Crippen LogP contribution is -2.11. The first-order valence-corrected chi connectivity index (χ1v) is 23.7. The van der Waals surface area contributed by atoms with E-state index in [2.05, 4.69) is 194 Å². The Kier molecular flexibility index (Phi) is 8.10. The molecule has 0 unspecified atom stereocenters. The highest BCUT2D eigenvalue weighted by atomic mass is 16.3. The van der Waals surface area contributed by atoms with Crippen molar-refractivity contribution in [3.8, 4) is 0 Å². The van der Waals surface area contributed by atoms with Gasteiger partial charge < -0.3 is 27.5 Å². The summed E-state index contributed by atoms with van der Waals surface area (Å²) in [5.41, 5.74) is 15.2. The van der Waals surface area contributed by atoms with E-state index in [4.69, 9.17) is 17.7 Å².